The van der Waals surface area contributed by atoms with Crippen LogP contribution in [0.15, 0.2) is 17.0 Å². The first kappa shape index (κ1) is 12.2. The summed E-state index contributed by atoms with van der Waals surface area (Å²) in [5.74, 6) is -2.29. The Bertz CT molecular complexity index is 541. The molecule has 2 N–H and O–H groups in total. The van der Waals surface area contributed by atoms with Gasteiger partial charge < -0.3 is 5.73 Å². The molecule has 5 nitrogen and oxygen atoms in total. The molecular formula is C9H10F2N2O3S. The number of rotatable bonds is 2. The molecule has 1 aromatic carbocycles. The Kier molecular flexibility index (Phi) is 3.02. The lowest BCUT2D eigenvalue weighted by molar-refractivity contribution is -0.0286. The second kappa shape index (κ2) is 4.21. The summed E-state index contributed by atoms with van der Waals surface area (Å²) in [7, 11) is -4.12. The molecule has 0 aliphatic carbocycles. The van der Waals surface area contributed by atoms with Crippen LogP contribution in [0.1, 0.15) is 6.42 Å². The summed E-state index contributed by atoms with van der Waals surface area (Å²) in [5, 5.41) is 0. The first-order valence-electron chi connectivity index (χ1n) is 4.83. The average molecular weight is 264 g/mol. The van der Waals surface area contributed by atoms with Crippen LogP contribution < -0.4 is 5.73 Å². The Morgan fingerprint density at radius 3 is 2.65 bits per heavy atom. The number of hydroxylamine groups is 1. The van der Waals surface area contributed by atoms with Crippen LogP contribution in [-0.2, 0) is 14.9 Å². The maximum Gasteiger partial charge on any atom is 0.268 e. The van der Waals surface area contributed by atoms with Crippen LogP contribution in [0.3, 0.4) is 0 Å². The fourth-order valence-corrected chi connectivity index (χ4v) is 2.85. The molecule has 8 heteroatoms. The van der Waals surface area contributed by atoms with Crippen LogP contribution in [0.4, 0.5) is 14.5 Å². The van der Waals surface area contributed by atoms with E-state index in [1.165, 1.54) is 0 Å². The van der Waals surface area contributed by atoms with Crippen molar-refractivity contribution in [2.24, 2.45) is 0 Å². The van der Waals surface area contributed by atoms with Crippen molar-refractivity contribution in [3.8, 4) is 0 Å². The van der Waals surface area contributed by atoms with Crippen LogP contribution in [0.2, 0.25) is 0 Å². The first-order valence-corrected chi connectivity index (χ1v) is 6.27. The quantitative estimate of drug-likeness (QED) is 0.804. The summed E-state index contributed by atoms with van der Waals surface area (Å²) >= 11 is 0. The summed E-state index contributed by atoms with van der Waals surface area (Å²) in [6.07, 6.45) is 0.525. The van der Waals surface area contributed by atoms with Gasteiger partial charge in [-0.25, -0.2) is 17.2 Å². The Hall–Kier alpha value is -1.25. The number of nitrogens with zero attached hydrogens (tertiary/aromatic N) is 1. The van der Waals surface area contributed by atoms with Gasteiger partial charge in [0.1, 0.15) is 16.4 Å². The Balaban J connectivity index is 2.50. The number of nitrogen functional groups attached to an aromatic ring is 1. The summed E-state index contributed by atoms with van der Waals surface area (Å²) in [4.78, 5) is 4.16. The first-order chi connectivity index (χ1) is 7.94. The molecule has 1 saturated heterocycles. The van der Waals surface area contributed by atoms with Crippen LogP contribution in [0, 0.1) is 11.6 Å². The Morgan fingerprint density at radius 1 is 1.35 bits per heavy atom. The molecule has 0 atom stereocenters. The molecule has 0 bridgehead atoms. The van der Waals surface area contributed by atoms with Crippen LogP contribution >= 0.6 is 0 Å². The summed E-state index contributed by atoms with van der Waals surface area (Å²) in [6.45, 7) is 0.385. The number of benzene rings is 1. The van der Waals surface area contributed by atoms with Crippen molar-refractivity contribution in [3.05, 3.63) is 23.8 Å². The number of hydrogen-bond donors (Lipinski definition) is 1. The highest BCUT2D eigenvalue weighted by Gasteiger charge is 2.32. The highest BCUT2D eigenvalue weighted by molar-refractivity contribution is 7.89. The van der Waals surface area contributed by atoms with E-state index in [9.17, 15) is 17.2 Å². The smallest absolute Gasteiger partial charge is 0.268 e. The number of sulfonamides is 1. The molecule has 17 heavy (non-hydrogen) atoms. The standard InChI is InChI=1S/C9H10F2N2O3S/c10-6-2-3-7(8(11)9(6)12)17(14,15)13-4-1-5-16-13/h2-3H,1,4-5,12H2. The van der Waals surface area contributed by atoms with E-state index in [1.807, 2.05) is 0 Å². The van der Waals surface area contributed by atoms with Crippen molar-refractivity contribution in [1.82, 2.24) is 4.47 Å². The van der Waals surface area contributed by atoms with E-state index in [0.29, 0.717) is 10.9 Å². The second-order valence-corrected chi connectivity index (χ2v) is 5.29. The van der Waals surface area contributed by atoms with Gasteiger partial charge in [0.15, 0.2) is 5.82 Å². The normalized spacial score (nSPS) is 17.5. The van der Waals surface area contributed by atoms with Crippen LogP contribution in [0.5, 0.6) is 0 Å². The van der Waals surface area contributed by atoms with Gasteiger partial charge in [-0.15, -0.1) is 0 Å². The van der Waals surface area contributed by atoms with Gasteiger partial charge in [0.05, 0.1) is 6.61 Å². The zero-order chi connectivity index (χ0) is 12.6. The third-order valence-corrected chi connectivity index (χ3v) is 4.05. The van der Waals surface area contributed by atoms with E-state index >= 15 is 0 Å². The van der Waals surface area contributed by atoms with Gasteiger partial charge in [0.25, 0.3) is 10.0 Å². The van der Waals surface area contributed by atoms with E-state index in [2.05, 4.69) is 0 Å². The number of anilines is 1. The molecule has 0 aromatic heterocycles. The summed E-state index contributed by atoms with van der Waals surface area (Å²) in [5.41, 5.74) is 4.29. The highest BCUT2D eigenvalue weighted by Crippen LogP contribution is 2.26. The van der Waals surface area contributed by atoms with E-state index in [0.717, 1.165) is 12.1 Å². The molecule has 1 aromatic rings. The lowest BCUT2D eigenvalue weighted by atomic mass is 10.3. The molecule has 0 spiro atoms. The maximum absolute atomic E-state index is 13.6. The minimum atomic E-state index is -4.12. The molecule has 0 amide bonds. The Morgan fingerprint density at radius 2 is 2.06 bits per heavy atom. The van der Waals surface area contributed by atoms with E-state index in [4.69, 9.17) is 10.6 Å². The van der Waals surface area contributed by atoms with Gasteiger partial charge in [-0.3, -0.25) is 4.84 Å². The number of hydrogen-bond acceptors (Lipinski definition) is 4. The minimum Gasteiger partial charge on any atom is -0.394 e. The van der Waals surface area contributed by atoms with Gasteiger partial charge in [-0.1, -0.05) is 4.47 Å². The van der Waals surface area contributed by atoms with E-state index < -0.39 is 32.2 Å². The largest absolute Gasteiger partial charge is 0.394 e. The molecular weight excluding hydrogens is 254 g/mol. The van der Waals surface area contributed by atoms with Crippen molar-refractivity contribution >= 4 is 15.7 Å². The molecule has 2 rings (SSSR count). The topological polar surface area (TPSA) is 72.6 Å². The lowest BCUT2D eigenvalue weighted by Gasteiger charge is -2.15. The van der Waals surface area contributed by atoms with Gasteiger partial charge in [0, 0.05) is 6.54 Å². The van der Waals surface area contributed by atoms with Crippen LogP contribution in [-0.4, -0.2) is 26.0 Å². The minimum absolute atomic E-state index is 0.138. The van der Waals surface area contributed by atoms with Crippen molar-refractivity contribution in [2.45, 2.75) is 11.3 Å². The molecule has 0 saturated carbocycles. The Labute approximate surface area is 96.8 Å². The number of halogens is 2. The SMILES string of the molecule is Nc1c(F)ccc(S(=O)(=O)N2CCCO2)c1F. The molecule has 94 valence electrons. The zero-order valence-corrected chi connectivity index (χ0v) is 9.51. The van der Waals surface area contributed by atoms with E-state index in [-0.39, 0.29) is 13.2 Å². The maximum atomic E-state index is 13.6. The van der Waals surface area contributed by atoms with Crippen molar-refractivity contribution in [2.75, 3.05) is 18.9 Å². The fraction of sp³-hybridized carbons (Fsp3) is 0.333. The number of nitrogens with two attached hydrogens (primary N) is 1. The van der Waals surface area contributed by atoms with E-state index in [1.54, 1.807) is 0 Å². The monoisotopic (exact) mass is 264 g/mol. The molecule has 0 radical (unpaired) electrons. The summed E-state index contributed by atoms with van der Waals surface area (Å²) < 4.78 is 51.0. The van der Waals surface area contributed by atoms with Crippen molar-refractivity contribution < 1.29 is 22.0 Å². The fourth-order valence-electron chi connectivity index (χ4n) is 1.47. The summed E-state index contributed by atoms with van der Waals surface area (Å²) in [6, 6.07) is 1.64. The predicted octanol–water partition coefficient (Wildman–Crippen LogP) is 0.873. The van der Waals surface area contributed by atoms with Gasteiger partial charge in [-0.05, 0) is 18.6 Å². The van der Waals surface area contributed by atoms with Crippen molar-refractivity contribution in [1.29, 1.82) is 0 Å². The van der Waals surface area contributed by atoms with Crippen molar-refractivity contribution in [3.63, 3.8) is 0 Å². The third-order valence-electron chi connectivity index (χ3n) is 2.36. The zero-order valence-electron chi connectivity index (χ0n) is 8.69. The second-order valence-electron chi connectivity index (χ2n) is 3.49. The predicted molar refractivity (Wildman–Crippen MR) is 55.2 cm³/mol. The molecule has 1 aliphatic heterocycles. The third kappa shape index (κ3) is 1.99. The lowest BCUT2D eigenvalue weighted by Crippen LogP contribution is -2.27. The van der Waals surface area contributed by atoms with Gasteiger partial charge in [0.2, 0.25) is 0 Å². The highest BCUT2D eigenvalue weighted by atomic mass is 32.2. The van der Waals surface area contributed by atoms with Gasteiger partial charge in [-0.2, -0.15) is 0 Å². The molecule has 1 heterocycles. The molecule has 1 fully saturated rings. The van der Waals surface area contributed by atoms with Crippen LogP contribution in [0.25, 0.3) is 0 Å². The molecule has 1 aliphatic rings. The molecule has 0 unspecified atom stereocenters. The average Bonchev–Trinajstić information content (AvgIpc) is 2.79. The van der Waals surface area contributed by atoms with Gasteiger partial charge >= 0.3 is 0 Å².